The second-order valence-corrected chi connectivity index (χ2v) is 7.48. The van der Waals surface area contributed by atoms with Gasteiger partial charge in [-0.1, -0.05) is 30.3 Å². The summed E-state index contributed by atoms with van der Waals surface area (Å²) in [4.78, 5) is 17.3. The number of hydrogen-bond acceptors (Lipinski definition) is 2. The molecule has 2 aromatic rings. The maximum Gasteiger partial charge on any atom is 0.282 e. The van der Waals surface area contributed by atoms with Gasteiger partial charge in [-0.05, 0) is 43.4 Å². The molecule has 0 aliphatic carbocycles. The number of fused-ring (bicyclic) bond motifs is 1. The molecule has 0 aromatic heterocycles. The zero-order valence-corrected chi connectivity index (χ0v) is 15.4. The number of anilines is 1. The molecule has 0 fully saturated rings. The van der Waals surface area contributed by atoms with Crippen LogP contribution in [-0.4, -0.2) is 31.8 Å². The van der Waals surface area contributed by atoms with E-state index in [1.165, 1.54) is 20.9 Å². The molecule has 2 aromatic carbocycles. The predicted octanol–water partition coefficient (Wildman–Crippen LogP) is 2.40. The van der Waals surface area contributed by atoms with Crippen molar-refractivity contribution in [1.82, 2.24) is 0 Å². The average molecular weight is 342 g/mol. The van der Waals surface area contributed by atoms with Gasteiger partial charge in [0.2, 0.25) is 0 Å². The van der Waals surface area contributed by atoms with E-state index < -0.39 is 0 Å². The fraction of sp³-hybridized carbons (Fsp3) is 0.350. The number of quaternary nitrogens is 1. The summed E-state index contributed by atoms with van der Waals surface area (Å²) in [5.74, 6) is 0.214. The number of hydrogen-bond donors (Lipinski definition) is 1. The average Bonchev–Trinajstić information content (AvgIpc) is 2.91. The van der Waals surface area contributed by atoms with E-state index in [0.29, 0.717) is 6.54 Å². The van der Waals surface area contributed by atoms with Gasteiger partial charge in [0.05, 0.1) is 7.05 Å². The molecule has 1 aliphatic heterocycles. The van der Waals surface area contributed by atoms with Gasteiger partial charge in [0.15, 0.2) is 6.54 Å². The molecule has 0 saturated carbocycles. The SMILES string of the molecule is CSc1ccc(C[NH+](C)CC(=O)N2c3ccccc3C[C@@H]2C)cc1. The Balaban J connectivity index is 1.63. The molecular weight excluding hydrogens is 316 g/mol. The molecule has 4 heteroatoms. The number of carbonyl (C=O) groups is 1. The fourth-order valence-corrected chi connectivity index (χ4v) is 3.85. The Bertz CT molecular complexity index is 714. The van der Waals surface area contributed by atoms with Crippen molar-refractivity contribution < 1.29 is 9.69 Å². The van der Waals surface area contributed by atoms with Crippen molar-refractivity contribution in [2.24, 2.45) is 0 Å². The highest BCUT2D eigenvalue weighted by atomic mass is 32.2. The number of rotatable bonds is 5. The molecule has 3 rings (SSSR count). The van der Waals surface area contributed by atoms with Gasteiger partial charge in [-0.15, -0.1) is 11.8 Å². The summed E-state index contributed by atoms with van der Waals surface area (Å²) >= 11 is 1.75. The first-order chi connectivity index (χ1) is 11.6. The standard InChI is InChI=1S/C20H24N2OS/c1-15-12-17-6-4-5-7-19(17)22(15)20(23)14-21(2)13-16-8-10-18(24-3)11-9-16/h4-11,15H,12-14H2,1-3H3/p+1/t15-/m0/s1. The first-order valence-electron chi connectivity index (χ1n) is 8.42. The molecule has 1 amide bonds. The molecule has 0 saturated heterocycles. The number of para-hydroxylation sites is 1. The minimum atomic E-state index is 0.214. The molecule has 3 nitrogen and oxygen atoms in total. The van der Waals surface area contributed by atoms with Crippen molar-refractivity contribution in [3.05, 3.63) is 59.7 Å². The molecule has 1 heterocycles. The number of benzene rings is 2. The van der Waals surface area contributed by atoms with Crippen LogP contribution in [0.1, 0.15) is 18.1 Å². The fourth-order valence-electron chi connectivity index (χ4n) is 3.44. The number of thioether (sulfide) groups is 1. The Morgan fingerprint density at radius 2 is 1.92 bits per heavy atom. The third-order valence-electron chi connectivity index (χ3n) is 4.59. The predicted molar refractivity (Wildman–Crippen MR) is 101 cm³/mol. The van der Waals surface area contributed by atoms with Crippen LogP contribution in [0, 0.1) is 0 Å². The molecule has 0 spiro atoms. The lowest BCUT2D eigenvalue weighted by Gasteiger charge is -2.24. The topological polar surface area (TPSA) is 24.8 Å². The van der Waals surface area contributed by atoms with Crippen molar-refractivity contribution in [3.8, 4) is 0 Å². The van der Waals surface area contributed by atoms with Gasteiger partial charge in [0.25, 0.3) is 5.91 Å². The Labute approximate surface area is 148 Å². The van der Waals surface area contributed by atoms with Gasteiger partial charge in [-0.25, -0.2) is 0 Å². The molecule has 126 valence electrons. The van der Waals surface area contributed by atoms with Gasteiger partial charge in [0, 0.05) is 22.2 Å². The summed E-state index contributed by atoms with van der Waals surface area (Å²) in [7, 11) is 2.09. The van der Waals surface area contributed by atoms with E-state index in [4.69, 9.17) is 0 Å². The van der Waals surface area contributed by atoms with Gasteiger partial charge in [0.1, 0.15) is 6.54 Å². The van der Waals surface area contributed by atoms with Crippen LogP contribution in [0.3, 0.4) is 0 Å². The van der Waals surface area contributed by atoms with Crippen LogP contribution < -0.4 is 9.80 Å². The summed E-state index contributed by atoms with van der Waals surface area (Å²) in [5, 5.41) is 0. The van der Waals surface area contributed by atoms with Crippen LogP contribution in [0.25, 0.3) is 0 Å². The number of amides is 1. The molecule has 1 unspecified atom stereocenters. The Hall–Kier alpha value is -1.78. The van der Waals surface area contributed by atoms with Gasteiger partial charge >= 0.3 is 0 Å². The van der Waals surface area contributed by atoms with E-state index in [1.807, 2.05) is 11.0 Å². The number of nitrogens with zero attached hydrogens (tertiary/aromatic N) is 1. The van der Waals surface area contributed by atoms with E-state index >= 15 is 0 Å². The first kappa shape index (κ1) is 17.1. The van der Waals surface area contributed by atoms with Crippen molar-refractivity contribution in [1.29, 1.82) is 0 Å². The Morgan fingerprint density at radius 1 is 1.21 bits per heavy atom. The summed E-state index contributed by atoms with van der Waals surface area (Å²) in [5.41, 5.74) is 3.64. The minimum Gasteiger partial charge on any atom is -0.326 e. The van der Waals surface area contributed by atoms with E-state index in [9.17, 15) is 4.79 Å². The van der Waals surface area contributed by atoms with Gasteiger partial charge in [-0.2, -0.15) is 0 Å². The first-order valence-corrected chi connectivity index (χ1v) is 9.65. The largest absolute Gasteiger partial charge is 0.326 e. The molecule has 24 heavy (non-hydrogen) atoms. The summed E-state index contributed by atoms with van der Waals surface area (Å²) in [6, 6.07) is 17.1. The van der Waals surface area contributed by atoms with Crippen LogP contribution in [-0.2, 0) is 17.8 Å². The maximum atomic E-state index is 12.8. The van der Waals surface area contributed by atoms with Crippen molar-refractivity contribution >= 4 is 23.4 Å². The molecule has 0 radical (unpaired) electrons. The molecule has 2 atom stereocenters. The highest BCUT2D eigenvalue weighted by Crippen LogP contribution is 2.31. The van der Waals surface area contributed by atoms with Crippen LogP contribution in [0.5, 0.6) is 0 Å². The zero-order chi connectivity index (χ0) is 17.1. The third-order valence-corrected chi connectivity index (χ3v) is 5.34. The van der Waals surface area contributed by atoms with Crippen LogP contribution in [0.15, 0.2) is 53.4 Å². The lowest BCUT2D eigenvalue weighted by atomic mass is 10.1. The molecule has 1 aliphatic rings. The third kappa shape index (κ3) is 3.65. The maximum absolute atomic E-state index is 12.8. The number of likely N-dealkylation sites (N-methyl/N-ethyl adjacent to an activating group) is 1. The van der Waals surface area contributed by atoms with Crippen molar-refractivity contribution in [2.75, 3.05) is 24.7 Å². The second kappa shape index (κ2) is 7.41. The van der Waals surface area contributed by atoms with Crippen LogP contribution in [0.2, 0.25) is 0 Å². The van der Waals surface area contributed by atoms with E-state index in [1.54, 1.807) is 11.8 Å². The molecule has 1 N–H and O–H groups in total. The minimum absolute atomic E-state index is 0.214. The van der Waals surface area contributed by atoms with Gasteiger partial charge < -0.3 is 9.80 Å². The molecular formula is C20H25N2OS+. The smallest absolute Gasteiger partial charge is 0.282 e. The Morgan fingerprint density at radius 3 is 2.62 bits per heavy atom. The van der Waals surface area contributed by atoms with Crippen LogP contribution in [0.4, 0.5) is 5.69 Å². The van der Waals surface area contributed by atoms with E-state index in [0.717, 1.165) is 18.7 Å². The summed E-state index contributed by atoms with van der Waals surface area (Å²) in [6.07, 6.45) is 3.04. The highest BCUT2D eigenvalue weighted by molar-refractivity contribution is 7.98. The highest BCUT2D eigenvalue weighted by Gasteiger charge is 2.31. The lowest BCUT2D eigenvalue weighted by Crippen LogP contribution is -3.09. The van der Waals surface area contributed by atoms with Crippen molar-refractivity contribution in [2.45, 2.75) is 30.8 Å². The number of carbonyl (C=O) groups excluding carboxylic acids is 1. The zero-order valence-electron chi connectivity index (χ0n) is 14.6. The quantitative estimate of drug-likeness (QED) is 0.845. The van der Waals surface area contributed by atoms with Crippen LogP contribution >= 0.6 is 11.8 Å². The lowest BCUT2D eigenvalue weighted by molar-refractivity contribution is -0.885. The Kier molecular flexibility index (Phi) is 5.27. The van der Waals surface area contributed by atoms with E-state index in [2.05, 4.69) is 62.7 Å². The van der Waals surface area contributed by atoms with Gasteiger partial charge in [-0.3, -0.25) is 4.79 Å². The van der Waals surface area contributed by atoms with E-state index in [-0.39, 0.29) is 11.9 Å². The van der Waals surface area contributed by atoms with Crippen molar-refractivity contribution in [3.63, 3.8) is 0 Å². The summed E-state index contributed by atoms with van der Waals surface area (Å²) in [6.45, 7) is 3.52. The second-order valence-electron chi connectivity index (χ2n) is 6.60. The number of nitrogens with one attached hydrogen (secondary N) is 1. The summed E-state index contributed by atoms with van der Waals surface area (Å²) < 4.78 is 0. The monoisotopic (exact) mass is 341 g/mol. The molecule has 0 bridgehead atoms. The normalized spacial score (nSPS) is 17.6.